The first-order valence-electron chi connectivity index (χ1n) is 8.20. The molecular weight excluding hydrogens is 282 g/mol. The van der Waals surface area contributed by atoms with Crippen molar-refractivity contribution in [2.24, 2.45) is 5.92 Å². The minimum atomic E-state index is -0.692. The summed E-state index contributed by atoms with van der Waals surface area (Å²) in [6.07, 6.45) is 2.79. The van der Waals surface area contributed by atoms with Gasteiger partial charge in [0, 0.05) is 30.5 Å². The van der Waals surface area contributed by atoms with Gasteiger partial charge in [-0.3, -0.25) is 0 Å². The number of hydrogen-bond donors (Lipinski definition) is 1. The van der Waals surface area contributed by atoms with Crippen LogP contribution in [0, 0.1) is 5.92 Å². The van der Waals surface area contributed by atoms with Crippen molar-refractivity contribution in [3.63, 3.8) is 0 Å². The molecule has 3 unspecified atom stereocenters. The van der Waals surface area contributed by atoms with E-state index < -0.39 is 5.60 Å². The summed E-state index contributed by atoms with van der Waals surface area (Å²) in [5.74, 6) is 1.38. The van der Waals surface area contributed by atoms with E-state index >= 15 is 0 Å². The summed E-state index contributed by atoms with van der Waals surface area (Å²) in [7, 11) is 0. The van der Waals surface area contributed by atoms with Crippen LogP contribution in [0.1, 0.15) is 52.8 Å². The molecule has 6 heteroatoms. The van der Waals surface area contributed by atoms with Gasteiger partial charge in [-0.2, -0.15) is 4.98 Å². The van der Waals surface area contributed by atoms with Crippen LogP contribution in [0.3, 0.4) is 0 Å². The monoisotopic (exact) mass is 309 g/mol. The van der Waals surface area contributed by atoms with Crippen LogP contribution in [0.5, 0.6) is 0 Å². The molecule has 6 nitrogen and oxygen atoms in total. The third-order valence-electron chi connectivity index (χ3n) is 4.93. The number of aromatic nitrogens is 2. The van der Waals surface area contributed by atoms with Gasteiger partial charge in [-0.15, -0.1) is 0 Å². The van der Waals surface area contributed by atoms with Crippen LogP contribution in [0.4, 0.5) is 5.95 Å². The van der Waals surface area contributed by atoms with Crippen LogP contribution in [0.15, 0.2) is 4.52 Å². The van der Waals surface area contributed by atoms with Gasteiger partial charge in [-0.05, 0) is 31.3 Å². The number of rotatable bonds is 2. The van der Waals surface area contributed by atoms with E-state index in [2.05, 4.69) is 35.8 Å². The predicted molar refractivity (Wildman–Crippen MR) is 82.9 cm³/mol. The Morgan fingerprint density at radius 1 is 1.36 bits per heavy atom. The Bertz CT molecular complexity index is 521. The second kappa shape index (κ2) is 5.49. The first kappa shape index (κ1) is 15.7. The van der Waals surface area contributed by atoms with E-state index in [1.54, 1.807) is 0 Å². The number of hydrogen-bond acceptors (Lipinski definition) is 6. The normalized spacial score (nSPS) is 33.4. The second-order valence-electron chi connectivity index (χ2n) is 7.84. The zero-order valence-corrected chi connectivity index (χ0v) is 14.0. The fourth-order valence-electron chi connectivity index (χ4n) is 3.48. The van der Waals surface area contributed by atoms with E-state index in [-0.39, 0.29) is 17.4 Å². The van der Waals surface area contributed by atoms with Crippen molar-refractivity contribution in [2.75, 3.05) is 24.7 Å². The van der Waals surface area contributed by atoms with Gasteiger partial charge in [0.25, 0.3) is 5.95 Å². The molecule has 0 bridgehead atoms. The molecule has 0 amide bonds. The van der Waals surface area contributed by atoms with Gasteiger partial charge in [-0.25, -0.2) is 0 Å². The van der Waals surface area contributed by atoms with Crippen molar-refractivity contribution in [3.05, 3.63) is 5.89 Å². The molecule has 22 heavy (non-hydrogen) atoms. The second-order valence-corrected chi connectivity index (χ2v) is 7.84. The molecule has 0 aromatic carbocycles. The van der Waals surface area contributed by atoms with E-state index in [0.717, 1.165) is 19.4 Å². The van der Waals surface area contributed by atoms with E-state index in [9.17, 15) is 5.11 Å². The van der Waals surface area contributed by atoms with Gasteiger partial charge >= 0.3 is 0 Å². The summed E-state index contributed by atoms with van der Waals surface area (Å²) in [5.41, 5.74) is -0.845. The Balaban J connectivity index is 1.82. The Kier molecular flexibility index (Phi) is 3.93. The SMILES string of the molecule is CC(C)(C)c1nc(N2CCCC2C2COCCC2(C)O)no1. The van der Waals surface area contributed by atoms with E-state index in [1.807, 2.05) is 6.92 Å². The summed E-state index contributed by atoms with van der Waals surface area (Å²) in [6, 6.07) is 0.209. The summed E-state index contributed by atoms with van der Waals surface area (Å²) in [6.45, 7) is 10.2. The molecule has 124 valence electrons. The fourth-order valence-corrected chi connectivity index (χ4v) is 3.48. The lowest BCUT2D eigenvalue weighted by atomic mass is 9.79. The Morgan fingerprint density at radius 2 is 2.14 bits per heavy atom. The molecule has 2 saturated heterocycles. The van der Waals surface area contributed by atoms with E-state index in [0.29, 0.717) is 31.5 Å². The van der Waals surface area contributed by atoms with E-state index in [1.165, 1.54) is 0 Å². The fraction of sp³-hybridized carbons (Fsp3) is 0.875. The molecule has 2 aliphatic rings. The lowest BCUT2D eigenvalue weighted by molar-refractivity contribution is -0.108. The lowest BCUT2D eigenvalue weighted by Crippen LogP contribution is -2.52. The number of anilines is 1. The molecule has 1 N–H and O–H groups in total. The van der Waals surface area contributed by atoms with Crippen molar-refractivity contribution < 1.29 is 14.4 Å². The zero-order valence-electron chi connectivity index (χ0n) is 14.0. The van der Waals surface area contributed by atoms with Gasteiger partial charge in [0.15, 0.2) is 0 Å². The van der Waals surface area contributed by atoms with Crippen molar-refractivity contribution >= 4 is 5.95 Å². The topological polar surface area (TPSA) is 71.6 Å². The van der Waals surface area contributed by atoms with Gasteiger partial charge in [0.05, 0.1) is 12.2 Å². The number of ether oxygens (including phenoxy) is 1. The third-order valence-corrected chi connectivity index (χ3v) is 4.93. The molecule has 0 spiro atoms. The van der Waals surface area contributed by atoms with Crippen molar-refractivity contribution in [1.82, 2.24) is 10.1 Å². The van der Waals surface area contributed by atoms with Crippen LogP contribution in [0.2, 0.25) is 0 Å². The summed E-state index contributed by atoms with van der Waals surface area (Å²) < 4.78 is 11.1. The molecule has 2 aliphatic heterocycles. The van der Waals surface area contributed by atoms with Crippen LogP contribution in [-0.4, -0.2) is 46.6 Å². The maximum atomic E-state index is 10.7. The van der Waals surface area contributed by atoms with Gasteiger partial charge in [0.2, 0.25) is 5.89 Å². The highest BCUT2D eigenvalue weighted by Gasteiger charge is 2.45. The minimum absolute atomic E-state index is 0.0836. The largest absolute Gasteiger partial charge is 0.390 e. The highest BCUT2D eigenvalue weighted by atomic mass is 16.5. The Labute approximate surface area is 131 Å². The Hall–Kier alpha value is -1.14. The molecule has 0 radical (unpaired) electrons. The molecule has 1 aromatic heterocycles. The molecule has 2 fully saturated rings. The van der Waals surface area contributed by atoms with Gasteiger partial charge < -0.3 is 19.3 Å². The maximum Gasteiger partial charge on any atom is 0.266 e. The van der Waals surface area contributed by atoms with Crippen LogP contribution >= 0.6 is 0 Å². The zero-order chi connectivity index (χ0) is 16.0. The molecule has 3 heterocycles. The quantitative estimate of drug-likeness (QED) is 0.902. The summed E-state index contributed by atoms with van der Waals surface area (Å²) in [4.78, 5) is 6.77. The number of nitrogens with zero attached hydrogens (tertiary/aromatic N) is 3. The van der Waals surface area contributed by atoms with Crippen LogP contribution < -0.4 is 4.90 Å². The van der Waals surface area contributed by atoms with Crippen molar-refractivity contribution in [1.29, 1.82) is 0 Å². The smallest absolute Gasteiger partial charge is 0.266 e. The maximum absolute atomic E-state index is 10.7. The van der Waals surface area contributed by atoms with E-state index in [4.69, 9.17) is 9.26 Å². The number of aliphatic hydroxyl groups is 1. The lowest BCUT2D eigenvalue weighted by Gasteiger charge is -2.42. The molecular formula is C16H27N3O3. The Morgan fingerprint density at radius 3 is 2.77 bits per heavy atom. The van der Waals surface area contributed by atoms with Crippen molar-refractivity contribution in [2.45, 2.75) is 64.0 Å². The molecule has 0 aliphatic carbocycles. The molecule has 3 rings (SSSR count). The average molecular weight is 309 g/mol. The first-order valence-corrected chi connectivity index (χ1v) is 8.20. The molecule has 1 aromatic rings. The summed E-state index contributed by atoms with van der Waals surface area (Å²) in [5, 5.41) is 14.9. The molecule has 0 saturated carbocycles. The highest BCUT2D eigenvalue weighted by Crippen LogP contribution is 2.37. The van der Waals surface area contributed by atoms with Crippen molar-refractivity contribution in [3.8, 4) is 0 Å². The average Bonchev–Trinajstić information content (AvgIpc) is 3.05. The molecule has 3 atom stereocenters. The van der Waals surface area contributed by atoms with Crippen LogP contribution in [-0.2, 0) is 10.2 Å². The minimum Gasteiger partial charge on any atom is -0.390 e. The third kappa shape index (κ3) is 2.86. The van der Waals surface area contributed by atoms with Gasteiger partial charge in [0.1, 0.15) is 0 Å². The van der Waals surface area contributed by atoms with Crippen LogP contribution in [0.25, 0.3) is 0 Å². The first-order chi connectivity index (χ1) is 10.3. The predicted octanol–water partition coefficient (Wildman–Crippen LogP) is 2.12. The summed E-state index contributed by atoms with van der Waals surface area (Å²) >= 11 is 0. The standard InChI is InChI=1S/C16H27N3O3/c1-15(2,3)13-17-14(18-22-13)19-8-5-6-12(19)11-10-21-9-7-16(11,4)20/h11-12,20H,5-10H2,1-4H3. The van der Waals surface area contributed by atoms with Gasteiger partial charge in [-0.1, -0.05) is 20.8 Å². The highest BCUT2D eigenvalue weighted by molar-refractivity contribution is 5.33.